The van der Waals surface area contributed by atoms with Crippen molar-refractivity contribution in [3.63, 3.8) is 0 Å². The molecule has 4 heteroatoms. The van der Waals surface area contributed by atoms with Crippen LogP contribution < -0.4 is 5.32 Å². The van der Waals surface area contributed by atoms with Crippen LogP contribution in [0.3, 0.4) is 0 Å². The SMILES string of the molecule is CC(C)NCc1cc(Br)ccc1SC(C)C(C)O. The van der Waals surface area contributed by atoms with Crippen LogP contribution in [0.25, 0.3) is 0 Å². The molecule has 1 rings (SSSR count). The third-order valence-electron chi connectivity index (χ3n) is 2.72. The summed E-state index contributed by atoms with van der Waals surface area (Å²) in [6.45, 7) is 9.03. The zero-order chi connectivity index (χ0) is 13.7. The molecule has 1 aromatic carbocycles. The molecule has 0 fully saturated rings. The van der Waals surface area contributed by atoms with Crippen LogP contribution in [0.2, 0.25) is 0 Å². The van der Waals surface area contributed by atoms with Crippen molar-refractivity contribution in [1.29, 1.82) is 0 Å². The van der Waals surface area contributed by atoms with Crippen LogP contribution in [0.4, 0.5) is 0 Å². The van der Waals surface area contributed by atoms with Gasteiger partial charge in [-0.25, -0.2) is 0 Å². The third-order valence-corrected chi connectivity index (χ3v) is 4.63. The van der Waals surface area contributed by atoms with Gasteiger partial charge in [0, 0.05) is 27.2 Å². The number of rotatable bonds is 6. The average molecular weight is 332 g/mol. The molecule has 0 saturated carbocycles. The second-order valence-corrected chi connectivity index (χ2v) is 7.19. The summed E-state index contributed by atoms with van der Waals surface area (Å²) in [6, 6.07) is 6.78. The van der Waals surface area contributed by atoms with Gasteiger partial charge in [-0.1, -0.05) is 36.7 Å². The molecule has 0 aliphatic rings. The highest BCUT2D eigenvalue weighted by Crippen LogP contribution is 2.30. The summed E-state index contributed by atoms with van der Waals surface area (Å²) in [4.78, 5) is 1.24. The van der Waals surface area contributed by atoms with E-state index in [1.54, 1.807) is 11.8 Å². The summed E-state index contributed by atoms with van der Waals surface area (Å²) >= 11 is 5.24. The number of hydrogen-bond acceptors (Lipinski definition) is 3. The predicted molar refractivity (Wildman–Crippen MR) is 83.1 cm³/mol. The summed E-state index contributed by atoms with van der Waals surface area (Å²) in [5.74, 6) is 0. The van der Waals surface area contributed by atoms with E-state index in [1.165, 1.54) is 10.5 Å². The van der Waals surface area contributed by atoms with Crippen molar-refractivity contribution in [2.75, 3.05) is 0 Å². The van der Waals surface area contributed by atoms with Crippen molar-refractivity contribution >= 4 is 27.7 Å². The first-order chi connectivity index (χ1) is 8.40. The van der Waals surface area contributed by atoms with Gasteiger partial charge >= 0.3 is 0 Å². The van der Waals surface area contributed by atoms with Crippen molar-refractivity contribution in [2.45, 2.75) is 56.5 Å². The van der Waals surface area contributed by atoms with Crippen LogP contribution in [-0.2, 0) is 6.54 Å². The predicted octanol–water partition coefficient (Wildman–Crippen LogP) is 3.81. The van der Waals surface area contributed by atoms with Gasteiger partial charge in [-0.2, -0.15) is 0 Å². The Kier molecular flexibility index (Phi) is 6.71. The van der Waals surface area contributed by atoms with E-state index >= 15 is 0 Å². The van der Waals surface area contributed by atoms with Crippen molar-refractivity contribution in [1.82, 2.24) is 5.32 Å². The minimum atomic E-state index is -0.301. The number of aliphatic hydroxyl groups excluding tert-OH is 1. The molecule has 2 unspecified atom stereocenters. The fourth-order valence-electron chi connectivity index (χ4n) is 1.41. The Morgan fingerprint density at radius 3 is 2.50 bits per heavy atom. The summed E-state index contributed by atoms with van der Waals surface area (Å²) in [5.41, 5.74) is 1.27. The Bertz CT molecular complexity index is 382. The summed E-state index contributed by atoms with van der Waals surface area (Å²) < 4.78 is 1.09. The van der Waals surface area contributed by atoms with Crippen molar-refractivity contribution in [3.05, 3.63) is 28.2 Å². The van der Waals surface area contributed by atoms with Gasteiger partial charge in [0.05, 0.1) is 6.10 Å². The molecule has 2 N–H and O–H groups in total. The first kappa shape index (κ1) is 16.0. The third kappa shape index (κ3) is 5.31. The van der Waals surface area contributed by atoms with Gasteiger partial charge in [0.2, 0.25) is 0 Å². The van der Waals surface area contributed by atoms with E-state index in [0.29, 0.717) is 6.04 Å². The van der Waals surface area contributed by atoms with Gasteiger partial charge in [-0.05, 0) is 30.7 Å². The Morgan fingerprint density at radius 1 is 1.28 bits per heavy atom. The molecule has 102 valence electrons. The summed E-state index contributed by atoms with van der Waals surface area (Å²) in [6.07, 6.45) is -0.301. The molecule has 0 aliphatic heterocycles. The number of thioether (sulfide) groups is 1. The maximum Gasteiger partial charge on any atom is 0.0631 e. The molecule has 18 heavy (non-hydrogen) atoms. The monoisotopic (exact) mass is 331 g/mol. The Balaban J connectivity index is 2.82. The number of aliphatic hydroxyl groups is 1. The van der Waals surface area contributed by atoms with Crippen LogP contribution >= 0.6 is 27.7 Å². The quantitative estimate of drug-likeness (QED) is 0.777. The Hall–Kier alpha value is -0.0300. The molecule has 0 radical (unpaired) electrons. The van der Waals surface area contributed by atoms with E-state index in [9.17, 15) is 5.11 Å². The van der Waals surface area contributed by atoms with Gasteiger partial charge in [0.1, 0.15) is 0 Å². The lowest BCUT2D eigenvalue weighted by molar-refractivity contribution is 0.196. The maximum absolute atomic E-state index is 9.60. The van der Waals surface area contributed by atoms with E-state index in [2.05, 4.69) is 60.2 Å². The molecule has 0 amide bonds. The highest BCUT2D eigenvalue weighted by atomic mass is 79.9. The molecule has 0 bridgehead atoms. The molecule has 1 aromatic rings. The second-order valence-electron chi connectivity index (χ2n) is 4.85. The Morgan fingerprint density at radius 2 is 1.94 bits per heavy atom. The van der Waals surface area contributed by atoms with E-state index < -0.39 is 0 Å². The van der Waals surface area contributed by atoms with Crippen LogP contribution in [0.1, 0.15) is 33.3 Å². The van der Waals surface area contributed by atoms with Crippen LogP contribution in [-0.4, -0.2) is 22.5 Å². The van der Waals surface area contributed by atoms with Gasteiger partial charge in [0.25, 0.3) is 0 Å². The number of halogens is 1. The zero-order valence-electron chi connectivity index (χ0n) is 11.4. The minimum Gasteiger partial charge on any atom is -0.392 e. The fourth-order valence-corrected chi connectivity index (χ4v) is 2.85. The van der Waals surface area contributed by atoms with Gasteiger partial charge in [-0.3, -0.25) is 0 Å². The first-order valence-corrected chi connectivity index (χ1v) is 7.94. The van der Waals surface area contributed by atoms with E-state index in [1.807, 2.05) is 6.92 Å². The Labute approximate surface area is 123 Å². The highest BCUT2D eigenvalue weighted by Gasteiger charge is 2.13. The molecule has 0 aromatic heterocycles. The largest absolute Gasteiger partial charge is 0.392 e. The van der Waals surface area contributed by atoms with Gasteiger partial charge < -0.3 is 10.4 Å². The van der Waals surface area contributed by atoms with E-state index in [0.717, 1.165) is 11.0 Å². The topological polar surface area (TPSA) is 32.3 Å². The summed E-state index contributed by atoms with van der Waals surface area (Å²) in [7, 11) is 0. The number of hydrogen-bond donors (Lipinski definition) is 2. The van der Waals surface area contributed by atoms with Crippen molar-refractivity contribution in [3.8, 4) is 0 Å². The number of benzene rings is 1. The molecular weight excluding hydrogens is 310 g/mol. The normalized spacial score (nSPS) is 14.8. The second kappa shape index (κ2) is 7.53. The lowest BCUT2D eigenvalue weighted by atomic mass is 10.2. The number of nitrogens with one attached hydrogen (secondary N) is 1. The maximum atomic E-state index is 9.60. The molecule has 0 aliphatic carbocycles. The van der Waals surface area contributed by atoms with Crippen molar-refractivity contribution in [2.24, 2.45) is 0 Å². The van der Waals surface area contributed by atoms with Crippen LogP contribution in [0.15, 0.2) is 27.6 Å². The van der Waals surface area contributed by atoms with Gasteiger partial charge in [-0.15, -0.1) is 11.8 Å². The average Bonchev–Trinajstić information content (AvgIpc) is 2.29. The van der Waals surface area contributed by atoms with E-state index in [4.69, 9.17) is 0 Å². The lowest BCUT2D eigenvalue weighted by Crippen LogP contribution is -2.22. The first-order valence-electron chi connectivity index (χ1n) is 6.26. The highest BCUT2D eigenvalue weighted by molar-refractivity contribution is 9.10. The molecule has 0 saturated heterocycles. The zero-order valence-corrected chi connectivity index (χ0v) is 13.8. The van der Waals surface area contributed by atoms with Crippen molar-refractivity contribution < 1.29 is 5.11 Å². The van der Waals surface area contributed by atoms with Crippen LogP contribution in [0.5, 0.6) is 0 Å². The standard InChI is InChI=1S/C14H22BrNOS/c1-9(2)16-8-12-7-13(15)5-6-14(12)18-11(4)10(3)17/h5-7,9-11,16-17H,8H2,1-4H3. The fraction of sp³-hybridized carbons (Fsp3) is 0.571. The summed E-state index contributed by atoms with van der Waals surface area (Å²) in [5, 5.41) is 13.2. The molecular formula is C14H22BrNOS. The smallest absolute Gasteiger partial charge is 0.0631 e. The molecule has 2 nitrogen and oxygen atoms in total. The molecule has 0 heterocycles. The minimum absolute atomic E-state index is 0.198. The van der Waals surface area contributed by atoms with E-state index in [-0.39, 0.29) is 11.4 Å². The van der Waals surface area contributed by atoms with Gasteiger partial charge in [0.15, 0.2) is 0 Å². The molecule has 0 spiro atoms. The molecule has 2 atom stereocenters. The van der Waals surface area contributed by atoms with Crippen LogP contribution in [0, 0.1) is 0 Å². The lowest BCUT2D eigenvalue weighted by Gasteiger charge is -2.18.